The van der Waals surface area contributed by atoms with Gasteiger partial charge < -0.3 is 14.5 Å². The maximum absolute atomic E-state index is 5.21. The molecular weight excluding hydrogens is 274 g/mol. The Hall–Kier alpha value is -1.91. The molecule has 0 radical (unpaired) electrons. The van der Waals surface area contributed by atoms with Gasteiger partial charge in [-0.25, -0.2) is 0 Å². The lowest BCUT2D eigenvalue weighted by molar-refractivity contribution is 0.185. The molecule has 116 valence electrons. The largest absolute Gasteiger partial charge is 0.380 e. The first kappa shape index (κ1) is 15.0. The molecule has 0 aliphatic carbocycles. The lowest BCUT2D eigenvalue weighted by atomic mass is 10.1. The molecule has 1 aromatic heterocycles. The molecule has 4 heteroatoms. The van der Waals surface area contributed by atoms with Gasteiger partial charge in [0.15, 0.2) is 0 Å². The SMILES string of the molecule is COCc1cccc(-c2cc(N3CCN(C)CC3)ccn2)c1. The number of aromatic nitrogens is 1. The van der Waals surface area contributed by atoms with E-state index < -0.39 is 0 Å². The van der Waals surface area contributed by atoms with E-state index in [1.165, 1.54) is 11.3 Å². The minimum atomic E-state index is 0.631. The van der Waals surface area contributed by atoms with Crippen molar-refractivity contribution in [3.05, 3.63) is 48.2 Å². The molecule has 3 rings (SSSR count). The normalized spacial score (nSPS) is 16.0. The number of anilines is 1. The molecule has 0 unspecified atom stereocenters. The second-order valence-electron chi connectivity index (χ2n) is 5.82. The zero-order valence-corrected chi connectivity index (χ0v) is 13.3. The lowest BCUT2D eigenvalue weighted by Crippen LogP contribution is -2.44. The summed E-state index contributed by atoms with van der Waals surface area (Å²) in [5.74, 6) is 0. The predicted octanol–water partition coefficient (Wildman–Crippen LogP) is 2.65. The fourth-order valence-electron chi connectivity index (χ4n) is 2.83. The van der Waals surface area contributed by atoms with E-state index in [1.807, 2.05) is 6.20 Å². The second kappa shape index (κ2) is 6.90. The lowest BCUT2D eigenvalue weighted by Gasteiger charge is -2.34. The van der Waals surface area contributed by atoms with Gasteiger partial charge in [-0.1, -0.05) is 18.2 Å². The smallest absolute Gasteiger partial charge is 0.0722 e. The van der Waals surface area contributed by atoms with Crippen molar-refractivity contribution in [2.45, 2.75) is 6.61 Å². The summed E-state index contributed by atoms with van der Waals surface area (Å²) in [6, 6.07) is 12.7. The Morgan fingerprint density at radius 2 is 1.91 bits per heavy atom. The molecule has 0 atom stereocenters. The van der Waals surface area contributed by atoms with Crippen LogP contribution in [0, 0.1) is 0 Å². The first-order valence-corrected chi connectivity index (χ1v) is 7.74. The average Bonchev–Trinajstić information content (AvgIpc) is 2.56. The van der Waals surface area contributed by atoms with Gasteiger partial charge in [0.1, 0.15) is 0 Å². The summed E-state index contributed by atoms with van der Waals surface area (Å²) in [4.78, 5) is 9.35. The van der Waals surface area contributed by atoms with Gasteiger partial charge in [-0.2, -0.15) is 0 Å². The molecule has 0 bridgehead atoms. The highest BCUT2D eigenvalue weighted by Gasteiger charge is 2.15. The zero-order chi connectivity index (χ0) is 15.4. The predicted molar refractivity (Wildman–Crippen MR) is 90.1 cm³/mol. The highest BCUT2D eigenvalue weighted by atomic mass is 16.5. The van der Waals surface area contributed by atoms with E-state index in [1.54, 1.807) is 7.11 Å². The number of ether oxygens (including phenoxy) is 1. The second-order valence-corrected chi connectivity index (χ2v) is 5.82. The van der Waals surface area contributed by atoms with Crippen LogP contribution in [-0.4, -0.2) is 50.2 Å². The standard InChI is InChI=1S/C18H23N3O/c1-20-8-10-21(11-9-20)17-6-7-19-18(13-17)16-5-3-4-15(12-16)14-22-2/h3-7,12-13H,8-11,14H2,1-2H3. The van der Waals surface area contributed by atoms with Gasteiger partial charge in [-0.3, -0.25) is 4.98 Å². The highest BCUT2D eigenvalue weighted by Crippen LogP contribution is 2.24. The number of rotatable bonds is 4. The van der Waals surface area contributed by atoms with Crippen molar-refractivity contribution in [1.82, 2.24) is 9.88 Å². The Balaban J connectivity index is 1.83. The van der Waals surface area contributed by atoms with Gasteiger partial charge in [0, 0.05) is 50.7 Å². The van der Waals surface area contributed by atoms with E-state index in [-0.39, 0.29) is 0 Å². The molecular formula is C18H23N3O. The number of hydrogen-bond donors (Lipinski definition) is 0. The van der Waals surface area contributed by atoms with Gasteiger partial charge in [0.2, 0.25) is 0 Å². The van der Waals surface area contributed by atoms with Gasteiger partial charge in [-0.05, 0) is 30.8 Å². The summed E-state index contributed by atoms with van der Waals surface area (Å²) in [6.07, 6.45) is 1.91. The minimum absolute atomic E-state index is 0.631. The van der Waals surface area contributed by atoms with Crippen molar-refractivity contribution in [2.75, 3.05) is 45.2 Å². The van der Waals surface area contributed by atoms with E-state index in [0.717, 1.165) is 37.4 Å². The fourth-order valence-corrected chi connectivity index (χ4v) is 2.83. The Kier molecular flexibility index (Phi) is 4.71. The highest BCUT2D eigenvalue weighted by molar-refractivity contribution is 5.65. The van der Waals surface area contributed by atoms with Gasteiger partial charge in [0.05, 0.1) is 12.3 Å². The Bertz CT molecular complexity index is 621. The molecule has 0 spiro atoms. The molecule has 0 N–H and O–H groups in total. The molecule has 0 amide bonds. The van der Waals surface area contributed by atoms with E-state index in [4.69, 9.17) is 4.74 Å². The summed E-state index contributed by atoms with van der Waals surface area (Å²) in [7, 11) is 3.90. The van der Waals surface area contributed by atoms with Crippen LogP contribution in [0.3, 0.4) is 0 Å². The number of pyridine rings is 1. The molecule has 2 heterocycles. The molecule has 2 aromatic rings. The molecule has 0 saturated carbocycles. The van der Waals surface area contributed by atoms with Crippen LogP contribution in [0.1, 0.15) is 5.56 Å². The number of nitrogens with zero attached hydrogens (tertiary/aromatic N) is 3. The summed E-state index contributed by atoms with van der Waals surface area (Å²) < 4.78 is 5.21. The molecule has 1 aliphatic heterocycles. The third-order valence-corrected chi connectivity index (χ3v) is 4.15. The quantitative estimate of drug-likeness (QED) is 0.867. The summed E-state index contributed by atoms with van der Waals surface area (Å²) in [6.45, 7) is 5.00. The third-order valence-electron chi connectivity index (χ3n) is 4.15. The molecule has 1 aromatic carbocycles. The maximum atomic E-state index is 5.21. The van der Waals surface area contributed by atoms with Crippen LogP contribution < -0.4 is 4.90 Å². The van der Waals surface area contributed by atoms with Gasteiger partial charge in [-0.15, -0.1) is 0 Å². The van der Waals surface area contributed by atoms with Crippen LogP contribution >= 0.6 is 0 Å². The topological polar surface area (TPSA) is 28.6 Å². The van der Waals surface area contributed by atoms with Crippen molar-refractivity contribution >= 4 is 5.69 Å². The number of piperazine rings is 1. The molecule has 1 fully saturated rings. The number of benzene rings is 1. The molecule has 1 saturated heterocycles. The van der Waals surface area contributed by atoms with Crippen molar-refractivity contribution in [1.29, 1.82) is 0 Å². The average molecular weight is 297 g/mol. The van der Waals surface area contributed by atoms with Crippen LogP contribution in [0.5, 0.6) is 0 Å². The van der Waals surface area contributed by atoms with E-state index in [2.05, 4.69) is 58.2 Å². The van der Waals surface area contributed by atoms with Gasteiger partial charge in [0.25, 0.3) is 0 Å². The first-order valence-electron chi connectivity index (χ1n) is 7.74. The van der Waals surface area contributed by atoms with Crippen LogP contribution in [0.4, 0.5) is 5.69 Å². The Morgan fingerprint density at radius 3 is 2.68 bits per heavy atom. The molecule has 4 nitrogen and oxygen atoms in total. The zero-order valence-electron chi connectivity index (χ0n) is 13.3. The van der Waals surface area contributed by atoms with Crippen molar-refractivity contribution in [2.24, 2.45) is 0 Å². The van der Waals surface area contributed by atoms with E-state index in [0.29, 0.717) is 6.61 Å². The summed E-state index contributed by atoms with van der Waals surface area (Å²) >= 11 is 0. The summed E-state index contributed by atoms with van der Waals surface area (Å²) in [5, 5.41) is 0. The number of likely N-dealkylation sites (N-methyl/N-ethyl adjacent to an activating group) is 1. The molecule has 1 aliphatic rings. The maximum Gasteiger partial charge on any atom is 0.0722 e. The van der Waals surface area contributed by atoms with E-state index in [9.17, 15) is 0 Å². The van der Waals surface area contributed by atoms with Crippen LogP contribution in [0.25, 0.3) is 11.3 Å². The fraction of sp³-hybridized carbons (Fsp3) is 0.389. The third kappa shape index (κ3) is 3.46. The van der Waals surface area contributed by atoms with Crippen LogP contribution in [-0.2, 0) is 11.3 Å². The van der Waals surface area contributed by atoms with E-state index >= 15 is 0 Å². The van der Waals surface area contributed by atoms with Crippen LogP contribution in [0.15, 0.2) is 42.6 Å². The van der Waals surface area contributed by atoms with Crippen molar-refractivity contribution < 1.29 is 4.74 Å². The number of hydrogen-bond acceptors (Lipinski definition) is 4. The Labute approximate surface area is 132 Å². The van der Waals surface area contributed by atoms with Crippen molar-refractivity contribution in [3.63, 3.8) is 0 Å². The summed E-state index contributed by atoms with van der Waals surface area (Å²) in [5.41, 5.74) is 4.60. The first-order chi connectivity index (χ1) is 10.8. The van der Waals surface area contributed by atoms with Gasteiger partial charge >= 0.3 is 0 Å². The number of methoxy groups -OCH3 is 1. The Morgan fingerprint density at radius 1 is 1.09 bits per heavy atom. The minimum Gasteiger partial charge on any atom is -0.380 e. The monoisotopic (exact) mass is 297 g/mol. The van der Waals surface area contributed by atoms with Crippen molar-refractivity contribution in [3.8, 4) is 11.3 Å². The van der Waals surface area contributed by atoms with Crippen LogP contribution in [0.2, 0.25) is 0 Å². The molecule has 22 heavy (non-hydrogen) atoms.